The fourth-order valence-corrected chi connectivity index (χ4v) is 2.82. The summed E-state index contributed by atoms with van der Waals surface area (Å²) >= 11 is 3.57. The Morgan fingerprint density at radius 3 is 2.50 bits per heavy atom. The Kier molecular flexibility index (Phi) is 3.66. The van der Waals surface area contributed by atoms with Crippen molar-refractivity contribution in [3.05, 3.63) is 27.7 Å². The first-order valence-electron chi connectivity index (χ1n) is 6.82. The summed E-state index contributed by atoms with van der Waals surface area (Å²) in [4.78, 5) is 14.1. The maximum absolute atomic E-state index is 12.4. The summed E-state index contributed by atoms with van der Waals surface area (Å²) in [7, 11) is 0. The first-order chi connectivity index (χ1) is 9.01. The van der Waals surface area contributed by atoms with E-state index in [0.29, 0.717) is 6.54 Å². The number of fused-ring (bicyclic) bond motifs is 1. The maximum Gasteiger partial charge on any atom is 0.414 e. The summed E-state index contributed by atoms with van der Waals surface area (Å²) in [5.74, 6) is 0. The lowest BCUT2D eigenvalue weighted by molar-refractivity contribution is 0.0579. The van der Waals surface area contributed by atoms with E-state index in [-0.39, 0.29) is 11.5 Å². The van der Waals surface area contributed by atoms with Crippen LogP contribution < -0.4 is 4.90 Å². The highest BCUT2D eigenvalue weighted by Crippen LogP contribution is 2.43. The Balaban J connectivity index is 2.42. The zero-order valence-corrected chi connectivity index (χ0v) is 14.6. The lowest BCUT2D eigenvalue weighted by Gasteiger charge is -2.26. The van der Waals surface area contributed by atoms with Crippen molar-refractivity contribution in [1.29, 1.82) is 0 Å². The average Bonchev–Trinajstić information content (AvgIpc) is 2.50. The number of hydrogen-bond donors (Lipinski definition) is 0. The molecule has 1 aromatic rings. The predicted molar refractivity (Wildman–Crippen MR) is 85.5 cm³/mol. The largest absolute Gasteiger partial charge is 0.443 e. The van der Waals surface area contributed by atoms with Crippen LogP contribution in [0.1, 0.15) is 45.7 Å². The molecule has 0 saturated carbocycles. The third-order valence-electron chi connectivity index (χ3n) is 3.46. The number of anilines is 1. The lowest BCUT2D eigenvalue weighted by atomic mass is 9.87. The fourth-order valence-electron chi connectivity index (χ4n) is 2.48. The molecule has 0 spiro atoms. The van der Waals surface area contributed by atoms with Crippen LogP contribution in [0, 0.1) is 6.92 Å². The molecule has 20 heavy (non-hydrogen) atoms. The molecule has 2 rings (SSSR count). The van der Waals surface area contributed by atoms with Gasteiger partial charge in [0.15, 0.2) is 0 Å². The average molecular weight is 340 g/mol. The van der Waals surface area contributed by atoms with Crippen molar-refractivity contribution in [3.8, 4) is 0 Å². The van der Waals surface area contributed by atoms with E-state index in [1.54, 1.807) is 4.90 Å². The normalized spacial score (nSPS) is 17.1. The van der Waals surface area contributed by atoms with Gasteiger partial charge in [-0.3, -0.25) is 4.90 Å². The summed E-state index contributed by atoms with van der Waals surface area (Å²) in [6.07, 6.45) is -0.272. The lowest BCUT2D eigenvalue weighted by Crippen LogP contribution is -2.38. The van der Waals surface area contributed by atoms with Gasteiger partial charge in [-0.15, -0.1) is 0 Å². The molecule has 1 aliphatic heterocycles. The predicted octanol–water partition coefficient (Wildman–Crippen LogP) is 4.79. The standard InChI is InChI=1S/C16H22BrNO2/c1-10-7-13-11(8-12(10)17)16(5,6)9-18(13)14(19)20-15(2,3)4/h7-8H,9H2,1-6H3. The molecule has 0 saturated heterocycles. The Bertz CT molecular complexity index is 558. The van der Waals surface area contributed by atoms with Crippen LogP contribution in [0.15, 0.2) is 16.6 Å². The van der Waals surface area contributed by atoms with Gasteiger partial charge in [0, 0.05) is 16.4 Å². The van der Waals surface area contributed by atoms with Gasteiger partial charge in [0.25, 0.3) is 0 Å². The van der Waals surface area contributed by atoms with E-state index < -0.39 is 5.60 Å². The van der Waals surface area contributed by atoms with Crippen LogP contribution in [0.2, 0.25) is 0 Å². The molecule has 0 bridgehead atoms. The van der Waals surface area contributed by atoms with E-state index in [1.807, 2.05) is 27.7 Å². The Hall–Kier alpha value is -1.03. The zero-order chi connectivity index (χ0) is 15.3. The van der Waals surface area contributed by atoms with Crippen molar-refractivity contribution in [1.82, 2.24) is 0 Å². The number of rotatable bonds is 0. The van der Waals surface area contributed by atoms with Crippen molar-refractivity contribution in [3.63, 3.8) is 0 Å². The smallest absolute Gasteiger partial charge is 0.414 e. The van der Waals surface area contributed by atoms with Crippen LogP contribution in [0.5, 0.6) is 0 Å². The third-order valence-corrected chi connectivity index (χ3v) is 4.32. The number of nitrogens with zero attached hydrogens (tertiary/aromatic N) is 1. The van der Waals surface area contributed by atoms with E-state index in [1.165, 1.54) is 5.56 Å². The second-order valence-electron chi connectivity index (χ2n) is 7.07. The van der Waals surface area contributed by atoms with Gasteiger partial charge >= 0.3 is 6.09 Å². The third kappa shape index (κ3) is 2.85. The van der Waals surface area contributed by atoms with Crippen LogP contribution in [0.25, 0.3) is 0 Å². The molecule has 4 heteroatoms. The summed E-state index contributed by atoms with van der Waals surface area (Å²) in [6, 6.07) is 4.17. The second-order valence-corrected chi connectivity index (χ2v) is 7.92. The molecular weight excluding hydrogens is 318 g/mol. The summed E-state index contributed by atoms with van der Waals surface area (Å²) in [6.45, 7) is 12.6. The van der Waals surface area contributed by atoms with Crippen molar-refractivity contribution in [2.75, 3.05) is 11.4 Å². The van der Waals surface area contributed by atoms with Gasteiger partial charge in [-0.05, 0) is 51.0 Å². The molecule has 0 aliphatic carbocycles. The molecule has 0 radical (unpaired) electrons. The highest BCUT2D eigenvalue weighted by Gasteiger charge is 2.40. The van der Waals surface area contributed by atoms with E-state index in [0.717, 1.165) is 15.7 Å². The minimum absolute atomic E-state index is 0.0670. The van der Waals surface area contributed by atoms with Gasteiger partial charge in [0.05, 0.1) is 5.69 Å². The van der Waals surface area contributed by atoms with Crippen LogP contribution in [0.4, 0.5) is 10.5 Å². The Morgan fingerprint density at radius 1 is 1.35 bits per heavy atom. The van der Waals surface area contributed by atoms with E-state index in [4.69, 9.17) is 4.74 Å². The minimum atomic E-state index is -0.478. The number of hydrogen-bond acceptors (Lipinski definition) is 2. The van der Waals surface area contributed by atoms with E-state index in [2.05, 4.69) is 41.9 Å². The maximum atomic E-state index is 12.4. The van der Waals surface area contributed by atoms with Gasteiger partial charge in [-0.1, -0.05) is 29.8 Å². The van der Waals surface area contributed by atoms with Crippen LogP contribution in [-0.2, 0) is 10.2 Å². The molecule has 1 amide bonds. The molecule has 0 unspecified atom stereocenters. The molecule has 1 aliphatic rings. The van der Waals surface area contributed by atoms with Gasteiger partial charge in [0.1, 0.15) is 5.60 Å². The van der Waals surface area contributed by atoms with Crippen LogP contribution >= 0.6 is 15.9 Å². The minimum Gasteiger partial charge on any atom is -0.443 e. The molecule has 1 aromatic carbocycles. The van der Waals surface area contributed by atoms with Crippen molar-refractivity contribution >= 4 is 27.7 Å². The number of amides is 1. The fraction of sp³-hybridized carbons (Fsp3) is 0.562. The number of benzene rings is 1. The molecule has 3 nitrogen and oxygen atoms in total. The Labute approximate surface area is 129 Å². The first-order valence-corrected chi connectivity index (χ1v) is 7.62. The monoisotopic (exact) mass is 339 g/mol. The molecule has 0 aromatic heterocycles. The zero-order valence-electron chi connectivity index (χ0n) is 13.0. The van der Waals surface area contributed by atoms with Crippen molar-refractivity contribution in [2.24, 2.45) is 0 Å². The molecule has 0 atom stereocenters. The molecule has 110 valence electrons. The number of carbonyl (C=O) groups is 1. The van der Waals surface area contributed by atoms with E-state index >= 15 is 0 Å². The SMILES string of the molecule is Cc1cc2c(cc1Br)C(C)(C)CN2C(=O)OC(C)(C)C. The topological polar surface area (TPSA) is 29.5 Å². The quantitative estimate of drug-likeness (QED) is 0.680. The van der Waals surface area contributed by atoms with Gasteiger partial charge in [-0.25, -0.2) is 4.79 Å². The van der Waals surface area contributed by atoms with Crippen molar-refractivity contribution < 1.29 is 9.53 Å². The number of aryl methyl sites for hydroxylation is 1. The van der Waals surface area contributed by atoms with Gasteiger partial charge in [-0.2, -0.15) is 0 Å². The van der Waals surface area contributed by atoms with Gasteiger partial charge in [0.2, 0.25) is 0 Å². The van der Waals surface area contributed by atoms with Gasteiger partial charge < -0.3 is 4.74 Å². The van der Waals surface area contributed by atoms with Crippen LogP contribution in [-0.4, -0.2) is 18.2 Å². The second kappa shape index (κ2) is 4.76. The van der Waals surface area contributed by atoms with E-state index in [9.17, 15) is 4.79 Å². The first kappa shape index (κ1) is 15.4. The Morgan fingerprint density at radius 2 is 1.95 bits per heavy atom. The number of halogens is 1. The summed E-state index contributed by atoms with van der Waals surface area (Å²) in [5, 5.41) is 0. The molecular formula is C16H22BrNO2. The molecule has 1 heterocycles. The van der Waals surface area contributed by atoms with Crippen LogP contribution in [0.3, 0.4) is 0 Å². The summed E-state index contributed by atoms with van der Waals surface area (Å²) < 4.78 is 6.60. The summed E-state index contributed by atoms with van der Waals surface area (Å²) in [5.41, 5.74) is 2.72. The molecule has 0 N–H and O–H groups in total. The number of ether oxygens (including phenoxy) is 1. The molecule has 0 fully saturated rings. The van der Waals surface area contributed by atoms with Crippen molar-refractivity contribution in [2.45, 2.75) is 52.6 Å². The highest BCUT2D eigenvalue weighted by atomic mass is 79.9. The number of carbonyl (C=O) groups excluding carboxylic acids is 1. The highest BCUT2D eigenvalue weighted by molar-refractivity contribution is 9.10.